The summed E-state index contributed by atoms with van der Waals surface area (Å²) in [5.74, 6) is 0. The fourth-order valence-corrected chi connectivity index (χ4v) is 2.68. The number of fused-ring (bicyclic) bond motifs is 3. The van der Waals surface area contributed by atoms with E-state index in [2.05, 4.69) is 54.6 Å². The minimum Gasteiger partial charge on any atom is -0.456 e. The van der Waals surface area contributed by atoms with Gasteiger partial charge in [0.1, 0.15) is 11.2 Å². The van der Waals surface area contributed by atoms with E-state index in [1.807, 2.05) is 32.0 Å². The molecule has 110 valence electrons. The summed E-state index contributed by atoms with van der Waals surface area (Å²) in [6.45, 7) is 4.00. The summed E-state index contributed by atoms with van der Waals surface area (Å²) >= 11 is 0. The summed E-state index contributed by atoms with van der Waals surface area (Å²) in [6, 6.07) is 14.6. The van der Waals surface area contributed by atoms with Crippen molar-refractivity contribution in [3.63, 3.8) is 0 Å². The van der Waals surface area contributed by atoms with Gasteiger partial charge in [0.2, 0.25) is 0 Å². The minimum absolute atomic E-state index is 0.949. The molecular weight excluding hydrogens is 268 g/mol. The molecule has 0 spiro atoms. The zero-order valence-electron chi connectivity index (χ0n) is 13.0. The standard InChI is InChI=1S/C19H14O.C2H6/c1-2-4-8-14(7-3-1)15-11-12-17-16-9-5-6-10-18(16)20-19(17)13-15;1-2/h1,3-13H,2H2;1-2H3. The molecule has 1 heterocycles. The van der Waals surface area contributed by atoms with E-state index in [0.717, 1.165) is 17.6 Å². The van der Waals surface area contributed by atoms with Crippen LogP contribution < -0.4 is 0 Å². The number of furan rings is 1. The average Bonchev–Trinajstić information content (AvgIpc) is 2.75. The Hall–Kier alpha value is -2.54. The fourth-order valence-electron chi connectivity index (χ4n) is 2.68. The van der Waals surface area contributed by atoms with Gasteiger partial charge in [-0.05, 0) is 35.8 Å². The monoisotopic (exact) mass is 288 g/mol. The van der Waals surface area contributed by atoms with Crippen LogP contribution in [0.2, 0.25) is 0 Å². The molecule has 4 rings (SSSR count). The highest BCUT2D eigenvalue weighted by molar-refractivity contribution is 6.05. The van der Waals surface area contributed by atoms with Crippen LogP contribution in [0.5, 0.6) is 0 Å². The summed E-state index contributed by atoms with van der Waals surface area (Å²) in [5.41, 5.74) is 4.32. The van der Waals surface area contributed by atoms with E-state index in [1.165, 1.54) is 21.9 Å². The fraction of sp³-hybridized carbons (Fsp3) is 0.143. The highest BCUT2D eigenvalue weighted by Gasteiger charge is 2.08. The summed E-state index contributed by atoms with van der Waals surface area (Å²) in [4.78, 5) is 0. The van der Waals surface area contributed by atoms with Crippen LogP contribution in [-0.2, 0) is 0 Å². The molecule has 1 aliphatic rings. The summed E-state index contributed by atoms with van der Waals surface area (Å²) < 4.78 is 5.95. The summed E-state index contributed by atoms with van der Waals surface area (Å²) in [6.07, 6.45) is 11.8. The lowest BCUT2D eigenvalue weighted by atomic mass is 10.0. The van der Waals surface area contributed by atoms with E-state index >= 15 is 0 Å². The van der Waals surface area contributed by atoms with Gasteiger partial charge in [0, 0.05) is 10.8 Å². The van der Waals surface area contributed by atoms with Crippen LogP contribution in [0.1, 0.15) is 25.8 Å². The molecule has 0 fully saturated rings. The first kappa shape index (κ1) is 14.4. The van der Waals surface area contributed by atoms with E-state index in [4.69, 9.17) is 4.42 Å². The molecule has 1 aromatic heterocycles. The second-order valence-electron chi connectivity index (χ2n) is 5.00. The molecular formula is C21H20O. The Morgan fingerprint density at radius 1 is 0.864 bits per heavy atom. The first-order valence-electron chi connectivity index (χ1n) is 7.87. The molecule has 22 heavy (non-hydrogen) atoms. The number of para-hydroxylation sites is 1. The van der Waals surface area contributed by atoms with E-state index in [1.54, 1.807) is 0 Å². The molecule has 0 radical (unpaired) electrons. The minimum atomic E-state index is 0.949. The zero-order valence-corrected chi connectivity index (χ0v) is 13.0. The average molecular weight is 288 g/mol. The van der Waals surface area contributed by atoms with Gasteiger partial charge in [-0.25, -0.2) is 0 Å². The Labute approximate surface area is 131 Å². The van der Waals surface area contributed by atoms with Gasteiger partial charge in [0.25, 0.3) is 0 Å². The van der Waals surface area contributed by atoms with Gasteiger partial charge >= 0.3 is 0 Å². The maximum absolute atomic E-state index is 5.95. The van der Waals surface area contributed by atoms with Crippen LogP contribution in [0.4, 0.5) is 0 Å². The lowest BCUT2D eigenvalue weighted by Crippen LogP contribution is -1.79. The van der Waals surface area contributed by atoms with Crippen LogP contribution in [0.15, 0.2) is 77.3 Å². The van der Waals surface area contributed by atoms with Gasteiger partial charge in [-0.3, -0.25) is 0 Å². The topological polar surface area (TPSA) is 13.1 Å². The highest BCUT2D eigenvalue weighted by atomic mass is 16.3. The maximum atomic E-state index is 5.95. The van der Waals surface area contributed by atoms with Gasteiger partial charge in [0.15, 0.2) is 0 Å². The summed E-state index contributed by atoms with van der Waals surface area (Å²) in [7, 11) is 0. The largest absolute Gasteiger partial charge is 0.456 e. The SMILES string of the molecule is C1=CCC=CC(c2ccc3c(c2)oc2ccccc23)=C1.CC. The van der Waals surface area contributed by atoms with Gasteiger partial charge < -0.3 is 4.42 Å². The first-order valence-corrected chi connectivity index (χ1v) is 7.87. The predicted octanol–water partition coefficient (Wildman–Crippen LogP) is 6.51. The third-order valence-electron chi connectivity index (χ3n) is 3.69. The molecule has 3 aromatic rings. The third kappa shape index (κ3) is 2.62. The van der Waals surface area contributed by atoms with Crippen molar-refractivity contribution in [3.05, 3.63) is 78.4 Å². The van der Waals surface area contributed by atoms with Crippen molar-refractivity contribution in [3.8, 4) is 0 Å². The van der Waals surface area contributed by atoms with E-state index < -0.39 is 0 Å². The van der Waals surface area contributed by atoms with Gasteiger partial charge in [0.05, 0.1) is 0 Å². The Morgan fingerprint density at radius 2 is 1.68 bits per heavy atom. The Balaban J connectivity index is 0.000000693. The normalized spacial score (nSPS) is 13.6. The number of benzene rings is 2. The molecule has 0 saturated carbocycles. The van der Waals surface area contributed by atoms with Crippen LogP contribution in [-0.4, -0.2) is 0 Å². The number of rotatable bonds is 1. The Bertz CT molecular complexity index is 875. The zero-order chi connectivity index (χ0) is 15.4. The second-order valence-corrected chi connectivity index (χ2v) is 5.00. The van der Waals surface area contributed by atoms with Gasteiger partial charge in [-0.15, -0.1) is 0 Å². The van der Waals surface area contributed by atoms with Crippen molar-refractivity contribution in [2.75, 3.05) is 0 Å². The van der Waals surface area contributed by atoms with Crippen LogP contribution in [0.25, 0.3) is 27.5 Å². The van der Waals surface area contributed by atoms with Crippen molar-refractivity contribution in [2.24, 2.45) is 0 Å². The molecule has 0 N–H and O–H groups in total. The molecule has 0 atom stereocenters. The van der Waals surface area contributed by atoms with Crippen molar-refractivity contribution < 1.29 is 4.42 Å². The molecule has 0 saturated heterocycles. The van der Waals surface area contributed by atoms with Gasteiger partial charge in [-0.2, -0.15) is 0 Å². The van der Waals surface area contributed by atoms with Gasteiger partial charge in [-0.1, -0.05) is 68.5 Å². The Morgan fingerprint density at radius 3 is 2.59 bits per heavy atom. The van der Waals surface area contributed by atoms with Crippen LogP contribution >= 0.6 is 0 Å². The predicted molar refractivity (Wildman–Crippen MR) is 95.9 cm³/mol. The summed E-state index contributed by atoms with van der Waals surface area (Å²) in [5, 5.41) is 2.36. The number of hydrogen-bond acceptors (Lipinski definition) is 1. The highest BCUT2D eigenvalue weighted by Crippen LogP contribution is 2.31. The van der Waals surface area contributed by atoms with Crippen LogP contribution in [0, 0.1) is 0 Å². The molecule has 1 nitrogen and oxygen atoms in total. The van der Waals surface area contributed by atoms with Crippen molar-refractivity contribution in [1.29, 1.82) is 0 Å². The lowest BCUT2D eigenvalue weighted by molar-refractivity contribution is 0.669. The Kier molecular flexibility index (Phi) is 4.24. The second kappa shape index (κ2) is 6.48. The first-order chi connectivity index (χ1) is 10.9. The molecule has 1 aliphatic carbocycles. The van der Waals surface area contributed by atoms with Crippen molar-refractivity contribution in [1.82, 2.24) is 0 Å². The number of hydrogen-bond donors (Lipinski definition) is 0. The van der Waals surface area contributed by atoms with E-state index in [0.29, 0.717) is 0 Å². The molecule has 1 heteroatoms. The lowest BCUT2D eigenvalue weighted by Gasteiger charge is -2.01. The number of allylic oxidation sites excluding steroid dienone is 6. The molecule has 0 aliphatic heterocycles. The van der Waals surface area contributed by atoms with E-state index in [-0.39, 0.29) is 0 Å². The molecule has 0 unspecified atom stereocenters. The molecule has 0 bridgehead atoms. The van der Waals surface area contributed by atoms with E-state index in [9.17, 15) is 0 Å². The van der Waals surface area contributed by atoms with Crippen molar-refractivity contribution in [2.45, 2.75) is 20.3 Å². The maximum Gasteiger partial charge on any atom is 0.136 e. The smallest absolute Gasteiger partial charge is 0.136 e. The molecule has 0 amide bonds. The molecule has 2 aromatic carbocycles. The van der Waals surface area contributed by atoms with Crippen LogP contribution in [0.3, 0.4) is 0 Å². The third-order valence-corrected chi connectivity index (χ3v) is 3.69. The van der Waals surface area contributed by atoms with Crippen molar-refractivity contribution >= 4 is 27.5 Å². The quantitative estimate of drug-likeness (QED) is 0.497.